The Bertz CT molecular complexity index is 991. The van der Waals surface area contributed by atoms with Crippen LogP contribution in [-0.4, -0.2) is 61.4 Å². The topological polar surface area (TPSA) is 92.7 Å². The first-order valence-electron chi connectivity index (χ1n) is 12.7. The molecule has 184 valence electrons. The van der Waals surface area contributed by atoms with Gasteiger partial charge in [-0.15, -0.1) is 0 Å². The number of benzene rings is 1. The Morgan fingerprint density at radius 2 is 1.68 bits per heavy atom. The van der Waals surface area contributed by atoms with E-state index in [-0.39, 0.29) is 23.2 Å². The maximum absolute atomic E-state index is 13.5. The highest BCUT2D eigenvalue weighted by Crippen LogP contribution is 2.80. The van der Waals surface area contributed by atoms with E-state index in [1.807, 2.05) is 24.3 Å². The van der Waals surface area contributed by atoms with E-state index in [0.29, 0.717) is 6.42 Å². The Balaban J connectivity index is 1.46. The lowest BCUT2D eigenvalue weighted by molar-refractivity contribution is -0.143. The highest BCUT2D eigenvalue weighted by molar-refractivity contribution is 9.10. The van der Waals surface area contributed by atoms with Gasteiger partial charge in [-0.2, -0.15) is 0 Å². The maximum Gasteiger partial charge on any atom is 0.229 e. The molecule has 1 aliphatic heterocycles. The van der Waals surface area contributed by atoms with Crippen LogP contribution in [0.3, 0.4) is 0 Å². The molecule has 1 heterocycles. The molecule has 2 saturated carbocycles. The van der Waals surface area contributed by atoms with E-state index < -0.39 is 16.7 Å². The number of primary amides is 2. The third kappa shape index (κ3) is 3.34. The van der Waals surface area contributed by atoms with Gasteiger partial charge in [0.15, 0.2) is 0 Å². The zero-order valence-electron chi connectivity index (χ0n) is 20.1. The first-order valence-corrected chi connectivity index (χ1v) is 13.5. The number of rotatable bonds is 8. The first kappa shape index (κ1) is 24.0. The molecule has 0 aromatic heterocycles. The van der Waals surface area contributed by atoms with Crippen molar-refractivity contribution in [3.05, 3.63) is 46.5 Å². The predicted octanol–water partition coefficient (Wildman–Crippen LogP) is 3.05. The second kappa shape index (κ2) is 8.75. The van der Waals surface area contributed by atoms with Gasteiger partial charge >= 0.3 is 0 Å². The van der Waals surface area contributed by atoms with Crippen molar-refractivity contribution in [3.8, 4) is 0 Å². The third-order valence-corrected chi connectivity index (χ3v) is 10.0. The number of nitrogens with two attached hydrogens (primary N) is 2. The van der Waals surface area contributed by atoms with Gasteiger partial charge in [-0.3, -0.25) is 9.59 Å². The minimum absolute atomic E-state index is 0.0227. The summed E-state index contributed by atoms with van der Waals surface area (Å²) < 4.78 is 0.934. The summed E-state index contributed by atoms with van der Waals surface area (Å²) >= 11 is 3.51. The van der Waals surface area contributed by atoms with Crippen molar-refractivity contribution in [2.75, 3.05) is 39.8 Å². The number of hydrogen-bond donors (Lipinski definition) is 2. The van der Waals surface area contributed by atoms with Crippen molar-refractivity contribution in [1.29, 1.82) is 0 Å². The molecule has 7 heteroatoms. The van der Waals surface area contributed by atoms with Crippen molar-refractivity contribution >= 4 is 27.7 Å². The van der Waals surface area contributed by atoms with Crippen LogP contribution in [0.2, 0.25) is 0 Å². The highest BCUT2D eigenvalue weighted by atomic mass is 79.9. The molecule has 2 bridgehead atoms. The van der Waals surface area contributed by atoms with Crippen LogP contribution in [-0.2, 0) is 15.0 Å². The summed E-state index contributed by atoms with van der Waals surface area (Å²) in [5.74, 6) is -0.871. The molecule has 1 spiro atoms. The Labute approximate surface area is 211 Å². The maximum atomic E-state index is 13.5. The quantitative estimate of drug-likeness (QED) is 0.400. The molecule has 0 unspecified atom stereocenters. The van der Waals surface area contributed by atoms with Gasteiger partial charge in [-0.25, -0.2) is 0 Å². The summed E-state index contributed by atoms with van der Waals surface area (Å²) in [4.78, 5) is 32.0. The van der Waals surface area contributed by atoms with Gasteiger partial charge in [0, 0.05) is 23.5 Å². The van der Waals surface area contributed by atoms with Crippen molar-refractivity contribution in [2.45, 2.75) is 43.9 Å². The van der Waals surface area contributed by atoms with E-state index in [2.05, 4.69) is 44.9 Å². The molecule has 3 fully saturated rings. The Hall–Kier alpha value is -1.70. The Kier molecular flexibility index (Phi) is 6.18. The normalized spacial score (nSPS) is 34.4. The molecule has 1 aromatic carbocycles. The summed E-state index contributed by atoms with van der Waals surface area (Å²) in [6.45, 7) is 5.45. The summed E-state index contributed by atoms with van der Waals surface area (Å²) in [5.41, 5.74) is 11.3. The number of halogens is 1. The predicted molar refractivity (Wildman–Crippen MR) is 137 cm³/mol. The summed E-state index contributed by atoms with van der Waals surface area (Å²) in [6.07, 6.45) is 10.0. The summed E-state index contributed by atoms with van der Waals surface area (Å²) in [5, 5.41) is 0. The van der Waals surface area contributed by atoms with Gasteiger partial charge in [0.25, 0.3) is 0 Å². The van der Waals surface area contributed by atoms with Gasteiger partial charge in [0.1, 0.15) is 0 Å². The molecule has 34 heavy (non-hydrogen) atoms. The van der Waals surface area contributed by atoms with Gasteiger partial charge in [-0.05, 0) is 87.8 Å². The number of unbranched alkanes of at least 4 members (excludes halogenated alkanes) is 1. The van der Waals surface area contributed by atoms with Crippen LogP contribution in [0, 0.1) is 22.7 Å². The molecular formula is C27H37BrN4O2. The number of nitrogens with zero attached hydrogens (tertiary/aromatic N) is 2. The minimum atomic E-state index is -1.10. The van der Waals surface area contributed by atoms with Crippen LogP contribution in [0.15, 0.2) is 40.9 Å². The van der Waals surface area contributed by atoms with E-state index in [0.717, 1.165) is 68.4 Å². The van der Waals surface area contributed by atoms with Crippen molar-refractivity contribution in [2.24, 2.45) is 34.1 Å². The number of carbonyl (C=O) groups excluding carboxylic acids is 2. The minimum Gasteiger partial charge on any atom is -0.369 e. The van der Waals surface area contributed by atoms with Crippen molar-refractivity contribution in [1.82, 2.24) is 9.80 Å². The average Bonchev–Trinajstić information content (AvgIpc) is 3.51. The molecule has 2 amide bonds. The molecule has 4 aliphatic rings. The number of amides is 2. The molecule has 3 aliphatic carbocycles. The van der Waals surface area contributed by atoms with E-state index in [9.17, 15) is 9.59 Å². The van der Waals surface area contributed by atoms with Crippen LogP contribution in [0.25, 0.3) is 0 Å². The van der Waals surface area contributed by atoms with Gasteiger partial charge < -0.3 is 21.3 Å². The van der Waals surface area contributed by atoms with Gasteiger partial charge in [0.05, 0.1) is 10.8 Å². The largest absolute Gasteiger partial charge is 0.369 e. The smallest absolute Gasteiger partial charge is 0.229 e. The fourth-order valence-corrected chi connectivity index (χ4v) is 8.13. The SMILES string of the molecule is CN1CCCN(CCCC[C@@]2(C(N)=O)[C@@H]3C=C[C@@H](C34CC4)[C@@]2(C(N)=O)c2ccc(Br)cc2)CC1. The monoisotopic (exact) mass is 528 g/mol. The summed E-state index contributed by atoms with van der Waals surface area (Å²) in [6, 6.07) is 7.81. The Morgan fingerprint density at radius 1 is 0.971 bits per heavy atom. The molecular weight excluding hydrogens is 492 g/mol. The molecule has 6 nitrogen and oxygen atoms in total. The van der Waals surface area contributed by atoms with Crippen LogP contribution >= 0.6 is 15.9 Å². The van der Waals surface area contributed by atoms with Crippen LogP contribution in [0.4, 0.5) is 0 Å². The number of allylic oxidation sites excluding steroid dienone is 2. The second-order valence-corrected chi connectivity index (χ2v) is 12.0. The number of carbonyl (C=O) groups is 2. The summed E-state index contributed by atoms with van der Waals surface area (Å²) in [7, 11) is 2.18. The molecule has 4 atom stereocenters. The number of hydrogen-bond acceptors (Lipinski definition) is 4. The van der Waals surface area contributed by atoms with E-state index in [4.69, 9.17) is 11.5 Å². The molecule has 5 rings (SSSR count). The van der Waals surface area contributed by atoms with E-state index in [1.54, 1.807) is 0 Å². The van der Waals surface area contributed by atoms with E-state index in [1.165, 1.54) is 6.42 Å². The number of likely N-dealkylation sites (N-methyl/N-ethyl adjacent to an activating group) is 1. The highest BCUT2D eigenvalue weighted by Gasteiger charge is 2.82. The molecule has 4 N–H and O–H groups in total. The van der Waals surface area contributed by atoms with Crippen LogP contribution in [0.1, 0.15) is 44.1 Å². The standard InChI is InChI=1S/C27H37BrN4O2/c1-31-14-4-16-32(18-17-31)15-3-2-11-26(23(29)33)21-9-10-22(25(21)12-13-25)27(26,24(30)34)19-5-7-20(28)8-6-19/h5-10,21-22H,2-4,11-18H2,1H3,(H2,29,33)(H2,30,34)/t21-,22+,26+,27-/m1/s1. The first-order chi connectivity index (χ1) is 16.3. The zero-order chi connectivity index (χ0) is 24.1. The van der Waals surface area contributed by atoms with Crippen molar-refractivity contribution in [3.63, 3.8) is 0 Å². The van der Waals surface area contributed by atoms with Crippen LogP contribution in [0.5, 0.6) is 0 Å². The molecule has 0 radical (unpaired) electrons. The lowest BCUT2D eigenvalue weighted by Crippen LogP contribution is -2.62. The van der Waals surface area contributed by atoms with Crippen molar-refractivity contribution < 1.29 is 9.59 Å². The van der Waals surface area contributed by atoms with Gasteiger partial charge in [-0.1, -0.05) is 46.6 Å². The fraction of sp³-hybridized carbons (Fsp3) is 0.630. The van der Waals surface area contributed by atoms with Gasteiger partial charge in [0.2, 0.25) is 11.8 Å². The second-order valence-electron chi connectivity index (χ2n) is 11.0. The molecule has 1 aromatic rings. The third-order valence-electron chi connectivity index (χ3n) is 9.50. The van der Waals surface area contributed by atoms with E-state index >= 15 is 0 Å². The Morgan fingerprint density at radius 3 is 2.32 bits per heavy atom. The van der Waals surface area contributed by atoms with Crippen LogP contribution < -0.4 is 11.5 Å². The average molecular weight is 530 g/mol. The zero-order valence-corrected chi connectivity index (χ0v) is 21.7. The lowest BCUT2D eigenvalue weighted by Gasteiger charge is -2.48. The lowest BCUT2D eigenvalue weighted by atomic mass is 9.52. The fourth-order valence-electron chi connectivity index (χ4n) is 7.87. The molecule has 1 saturated heterocycles.